The van der Waals surface area contributed by atoms with Crippen LogP contribution in [-0.2, 0) is 10.8 Å². The Bertz CT molecular complexity index is 2340. The third kappa shape index (κ3) is 4.49. The third-order valence-corrected chi connectivity index (χ3v) is 14.8. The number of benzene rings is 6. The lowest BCUT2D eigenvalue weighted by molar-refractivity contribution is 0.0557. The molecule has 6 aromatic carbocycles. The SMILES string of the molecule is CCC1CC2CCCC(C2)C12c1ccccc1-c1cc(N(c3ccc(-c4ccccc4)cc3)c3ccc4c(c3)-c3ccccc3C43CCCC3)ccc12. The summed E-state index contributed by atoms with van der Waals surface area (Å²) in [6.07, 6.45) is 13.3. The summed E-state index contributed by atoms with van der Waals surface area (Å²) < 4.78 is 0. The monoisotopic (exact) mass is 687 g/mol. The van der Waals surface area contributed by atoms with Gasteiger partial charge in [0, 0.05) is 27.9 Å². The van der Waals surface area contributed by atoms with E-state index >= 15 is 0 Å². The van der Waals surface area contributed by atoms with E-state index < -0.39 is 0 Å². The van der Waals surface area contributed by atoms with Crippen molar-refractivity contribution >= 4 is 17.1 Å². The van der Waals surface area contributed by atoms with Crippen molar-refractivity contribution in [2.75, 3.05) is 4.90 Å². The molecule has 3 saturated carbocycles. The summed E-state index contributed by atoms with van der Waals surface area (Å²) in [5, 5.41) is 0. The molecule has 0 N–H and O–H groups in total. The molecule has 53 heavy (non-hydrogen) atoms. The first-order chi connectivity index (χ1) is 26.2. The molecule has 0 aliphatic heterocycles. The van der Waals surface area contributed by atoms with Gasteiger partial charge in [-0.3, -0.25) is 0 Å². The lowest BCUT2D eigenvalue weighted by Gasteiger charge is -2.54. The van der Waals surface area contributed by atoms with Crippen molar-refractivity contribution in [2.24, 2.45) is 17.8 Å². The van der Waals surface area contributed by atoms with E-state index in [1.54, 1.807) is 16.7 Å². The summed E-state index contributed by atoms with van der Waals surface area (Å²) >= 11 is 0. The van der Waals surface area contributed by atoms with Crippen LogP contribution in [-0.4, -0.2) is 0 Å². The summed E-state index contributed by atoms with van der Waals surface area (Å²) in [4.78, 5) is 2.54. The second-order valence-electron chi connectivity index (χ2n) is 17.0. The molecule has 4 atom stereocenters. The molecular weight excluding hydrogens is 639 g/mol. The van der Waals surface area contributed by atoms with E-state index in [1.807, 2.05) is 0 Å². The fraction of sp³-hybridized carbons (Fsp3) is 0.308. The van der Waals surface area contributed by atoms with Gasteiger partial charge in [0.15, 0.2) is 0 Å². The van der Waals surface area contributed by atoms with Crippen LogP contribution in [0.5, 0.6) is 0 Å². The Kier molecular flexibility index (Phi) is 7.20. The van der Waals surface area contributed by atoms with Gasteiger partial charge in [0.1, 0.15) is 0 Å². The lowest BCUT2D eigenvalue weighted by Crippen LogP contribution is -2.48. The molecule has 0 heterocycles. The number of fused-ring (bicyclic) bond motifs is 13. The summed E-state index contributed by atoms with van der Waals surface area (Å²) in [5.41, 5.74) is 18.6. The van der Waals surface area contributed by atoms with Crippen LogP contribution in [0.15, 0.2) is 140 Å². The number of anilines is 3. The molecule has 11 rings (SSSR count). The van der Waals surface area contributed by atoms with Crippen molar-refractivity contribution in [3.05, 3.63) is 162 Å². The molecule has 0 saturated heterocycles. The minimum Gasteiger partial charge on any atom is -0.310 e. The molecule has 262 valence electrons. The molecule has 0 radical (unpaired) electrons. The second-order valence-corrected chi connectivity index (χ2v) is 17.0. The molecule has 1 heteroatoms. The van der Waals surface area contributed by atoms with Crippen LogP contribution in [0, 0.1) is 17.8 Å². The van der Waals surface area contributed by atoms with E-state index in [9.17, 15) is 0 Å². The first-order valence-electron chi connectivity index (χ1n) is 20.6. The van der Waals surface area contributed by atoms with Gasteiger partial charge in [-0.15, -0.1) is 0 Å². The summed E-state index contributed by atoms with van der Waals surface area (Å²) in [6.45, 7) is 2.46. The lowest BCUT2D eigenvalue weighted by atomic mass is 9.50. The smallest absolute Gasteiger partial charge is 0.0468 e. The fourth-order valence-electron chi connectivity index (χ4n) is 12.7. The molecular formula is C52H49N. The van der Waals surface area contributed by atoms with E-state index in [1.165, 1.54) is 120 Å². The standard InChI is InChI=1S/C52H49N/c1-2-38-31-35-13-12-16-39(32-35)52(38)49-20-9-7-18-44(49)46-34-42(26-28-50(46)52)53(40-23-21-37(22-24-40)36-14-4-3-5-15-36)41-25-27-48-45(33-41)43-17-6-8-19-47(43)51(48)29-10-11-30-51/h3-9,14-15,17-28,33-35,38-39H,2,10-13,16,29-32H2,1H3. The molecule has 5 aliphatic carbocycles. The number of hydrogen-bond donors (Lipinski definition) is 0. The largest absolute Gasteiger partial charge is 0.310 e. The highest BCUT2D eigenvalue weighted by atomic mass is 15.1. The van der Waals surface area contributed by atoms with Gasteiger partial charge < -0.3 is 4.90 Å². The van der Waals surface area contributed by atoms with Gasteiger partial charge in [-0.1, -0.05) is 142 Å². The van der Waals surface area contributed by atoms with E-state index in [4.69, 9.17) is 0 Å². The van der Waals surface area contributed by atoms with Crippen molar-refractivity contribution in [3.8, 4) is 33.4 Å². The zero-order chi connectivity index (χ0) is 35.1. The summed E-state index contributed by atoms with van der Waals surface area (Å²) in [7, 11) is 0. The zero-order valence-electron chi connectivity index (χ0n) is 31.0. The molecule has 5 aliphatic rings. The van der Waals surface area contributed by atoms with Crippen molar-refractivity contribution in [1.82, 2.24) is 0 Å². The minimum atomic E-state index is 0.130. The molecule has 3 fully saturated rings. The Morgan fingerprint density at radius 2 is 1.08 bits per heavy atom. The Labute approximate surface area is 315 Å². The predicted molar refractivity (Wildman–Crippen MR) is 221 cm³/mol. The summed E-state index contributed by atoms with van der Waals surface area (Å²) in [6, 6.07) is 53.9. The molecule has 0 amide bonds. The number of hydrogen-bond acceptors (Lipinski definition) is 1. The topological polar surface area (TPSA) is 3.24 Å². The molecule has 2 spiro atoms. The molecule has 4 unspecified atom stereocenters. The highest BCUT2D eigenvalue weighted by molar-refractivity contribution is 5.90. The van der Waals surface area contributed by atoms with Crippen LogP contribution in [0.1, 0.15) is 93.4 Å². The Morgan fingerprint density at radius 1 is 0.509 bits per heavy atom. The Hall–Kier alpha value is -4.88. The van der Waals surface area contributed by atoms with Crippen LogP contribution >= 0.6 is 0 Å². The Morgan fingerprint density at radius 3 is 1.81 bits per heavy atom. The van der Waals surface area contributed by atoms with Gasteiger partial charge in [-0.2, -0.15) is 0 Å². The van der Waals surface area contributed by atoms with E-state index in [-0.39, 0.29) is 10.8 Å². The van der Waals surface area contributed by atoms with Crippen LogP contribution in [0.25, 0.3) is 33.4 Å². The second kappa shape index (κ2) is 12.1. The van der Waals surface area contributed by atoms with Gasteiger partial charge in [-0.25, -0.2) is 0 Å². The van der Waals surface area contributed by atoms with E-state index in [0.717, 1.165) is 11.8 Å². The minimum absolute atomic E-state index is 0.130. The fourth-order valence-corrected chi connectivity index (χ4v) is 12.7. The maximum atomic E-state index is 2.57. The van der Waals surface area contributed by atoms with Gasteiger partial charge in [0.05, 0.1) is 0 Å². The van der Waals surface area contributed by atoms with Crippen LogP contribution in [0.3, 0.4) is 0 Å². The van der Waals surface area contributed by atoms with Crippen molar-refractivity contribution < 1.29 is 0 Å². The van der Waals surface area contributed by atoms with Crippen molar-refractivity contribution in [1.29, 1.82) is 0 Å². The first-order valence-corrected chi connectivity index (χ1v) is 20.6. The highest BCUT2D eigenvalue weighted by Crippen LogP contribution is 2.65. The zero-order valence-corrected chi connectivity index (χ0v) is 31.0. The van der Waals surface area contributed by atoms with Crippen LogP contribution < -0.4 is 4.90 Å². The van der Waals surface area contributed by atoms with Gasteiger partial charge >= 0.3 is 0 Å². The molecule has 6 aromatic rings. The first kappa shape index (κ1) is 31.6. The molecule has 0 aromatic heterocycles. The van der Waals surface area contributed by atoms with Crippen LogP contribution in [0.2, 0.25) is 0 Å². The normalized spacial score (nSPS) is 24.1. The predicted octanol–water partition coefficient (Wildman–Crippen LogP) is 14.2. The van der Waals surface area contributed by atoms with E-state index in [0.29, 0.717) is 5.92 Å². The third-order valence-electron chi connectivity index (χ3n) is 14.8. The van der Waals surface area contributed by atoms with Crippen molar-refractivity contribution in [3.63, 3.8) is 0 Å². The van der Waals surface area contributed by atoms with Gasteiger partial charge in [0.25, 0.3) is 0 Å². The van der Waals surface area contributed by atoms with Crippen molar-refractivity contribution in [2.45, 2.75) is 82.0 Å². The average molecular weight is 688 g/mol. The summed E-state index contributed by atoms with van der Waals surface area (Å²) in [5.74, 6) is 2.33. The highest BCUT2D eigenvalue weighted by Gasteiger charge is 2.56. The Balaban J connectivity index is 1.10. The number of rotatable bonds is 5. The number of nitrogens with zero attached hydrogens (tertiary/aromatic N) is 1. The van der Waals surface area contributed by atoms with Gasteiger partial charge in [-0.05, 0) is 142 Å². The quantitative estimate of drug-likeness (QED) is 0.174. The van der Waals surface area contributed by atoms with Crippen LogP contribution in [0.4, 0.5) is 17.1 Å². The van der Waals surface area contributed by atoms with E-state index in [2.05, 4.69) is 151 Å². The molecule has 1 nitrogen and oxygen atoms in total. The average Bonchev–Trinajstić information content (AvgIpc) is 3.90. The molecule has 2 bridgehead atoms. The maximum Gasteiger partial charge on any atom is 0.0468 e. The maximum absolute atomic E-state index is 2.57. The van der Waals surface area contributed by atoms with Gasteiger partial charge in [0.2, 0.25) is 0 Å².